The summed E-state index contributed by atoms with van der Waals surface area (Å²) in [6.45, 7) is 0.00399. The summed E-state index contributed by atoms with van der Waals surface area (Å²) < 4.78 is 11.6. The van der Waals surface area contributed by atoms with Gasteiger partial charge in [0, 0.05) is 6.42 Å². The number of aromatic amines is 1. The minimum Gasteiger partial charge on any atom is -0.478 e. The molecule has 0 bridgehead atoms. The maximum atomic E-state index is 13.1. The molecule has 2 heterocycles. The molecule has 1 aromatic heterocycles. The van der Waals surface area contributed by atoms with Gasteiger partial charge in [0.1, 0.15) is 12.3 Å². The van der Waals surface area contributed by atoms with Crippen LogP contribution in [-0.2, 0) is 15.9 Å². The van der Waals surface area contributed by atoms with Gasteiger partial charge in [-0.25, -0.2) is 14.2 Å². The van der Waals surface area contributed by atoms with Crippen molar-refractivity contribution in [1.82, 2.24) is 9.55 Å². The molecule has 28 heavy (non-hydrogen) atoms. The number of hydrogen-bond donors (Lipinski definition) is 2. The van der Waals surface area contributed by atoms with Crippen molar-refractivity contribution in [2.45, 2.75) is 12.5 Å². The zero-order valence-corrected chi connectivity index (χ0v) is 14.6. The summed E-state index contributed by atoms with van der Waals surface area (Å²) in [5.41, 5.74) is -0.0820. The summed E-state index contributed by atoms with van der Waals surface area (Å²) in [6, 6.07) is 12.6. The van der Waals surface area contributed by atoms with Crippen molar-refractivity contribution in [3.63, 3.8) is 0 Å². The van der Waals surface area contributed by atoms with Gasteiger partial charge in [-0.2, -0.15) is 0 Å². The molecule has 0 radical (unpaired) electrons. The number of rotatable bonds is 5. The van der Waals surface area contributed by atoms with Crippen molar-refractivity contribution in [1.29, 1.82) is 0 Å². The first-order chi connectivity index (χ1) is 13.5. The van der Waals surface area contributed by atoms with Gasteiger partial charge in [-0.1, -0.05) is 30.3 Å². The van der Waals surface area contributed by atoms with Crippen molar-refractivity contribution in [2.24, 2.45) is 0 Å². The first-order valence-electron chi connectivity index (χ1n) is 8.55. The van der Waals surface area contributed by atoms with Gasteiger partial charge < -0.3 is 19.6 Å². The molecular weight excluding hydrogens is 364 g/mol. The van der Waals surface area contributed by atoms with E-state index in [9.17, 15) is 19.5 Å². The normalized spacial score (nSPS) is 14.2. The largest absolute Gasteiger partial charge is 0.478 e. The van der Waals surface area contributed by atoms with Crippen LogP contribution in [0.2, 0.25) is 0 Å². The van der Waals surface area contributed by atoms with Gasteiger partial charge in [-0.05, 0) is 23.8 Å². The summed E-state index contributed by atoms with van der Waals surface area (Å²) in [7, 11) is 0. The van der Waals surface area contributed by atoms with Gasteiger partial charge in [0.15, 0.2) is 5.76 Å². The predicted molar refractivity (Wildman–Crippen MR) is 100 cm³/mol. The minimum atomic E-state index is -1.16. The molecule has 1 unspecified atom stereocenters. The molecule has 0 amide bonds. The van der Waals surface area contributed by atoms with E-state index >= 15 is 0 Å². The fraction of sp³-hybridized carbons (Fsp3) is 0.150. The molecule has 2 aromatic carbocycles. The second-order valence-electron chi connectivity index (χ2n) is 6.33. The van der Waals surface area contributed by atoms with Gasteiger partial charge in [-0.15, -0.1) is 0 Å². The number of ether oxygens (including phenoxy) is 2. The Kier molecular flexibility index (Phi) is 4.44. The second kappa shape index (κ2) is 7.07. The third kappa shape index (κ3) is 3.16. The number of fused-ring (bicyclic) bond motifs is 1. The van der Waals surface area contributed by atoms with E-state index in [-0.39, 0.29) is 23.3 Å². The van der Waals surface area contributed by atoms with Crippen LogP contribution in [0.25, 0.3) is 10.9 Å². The Bertz CT molecular complexity index is 1190. The molecule has 1 aliphatic heterocycles. The number of H-pyrrole nitrogens is 1. The highest BCUT2D eigenvalue weighted by Crippen LogP contribution is 2.25. The summed E-state index contributed by atoms with van der Waals surface area (Å²) in [5.74, 6) is -0.805. The number of nitrogens with one attached hydrogen (secondary N) is 1. The highest BCUT2D eigenvalue weighted by Gasteiger charge is 2.26. The van der Waals surface area contributed by atoms with Crippen LogP contribution < -0.4 is 11.2 Å². The Balaban J connectivity index is 1.91. The summed E-state index contributed by atoms with van der Waals surface area (Å²) in [4.78, 5) is 39.8. The maximum Gasteiger partial charge on any atom is 0.335 e. The van der Waals surface area contributed by atoms with Crippen molar-refractivity contribution in [2.75, 3.05) is 6.79 Å². The van der Waals surface area contributed by atoms with Crippen LogP contribution in [0.5, 0.6) is 0 Å². The number of benzene rings is 2. The molecule has 1 aliphatic rings. The number of aromatic nitrogens is 2. The molecule has 4 rings (SSSR count). The fourth-order valence-electron chi connectivity index (χ4n) is 3.23. The topological polar surface area (TPSA) is 111 Å². The molecule has 0 saturated heterocycles. The summed E-state index contributed by atoms with van der Waals surface area (Å²) in [6.07, 6.45) is 1.71. The number of carbonyl (C=O) groups is 1. The Labute approximate surface area is 158 Å². The fourth-order valence-corrected chi connectivity index (χ4v) is 3.23. The van der Waals surface area contributed by atoms with Crippen LogP contribution in [0.3, 0.4) is 0 Å². The number of aromatic carboxylic acids is 1. The average Bonchev–Trinajstić information content (AvgIpc) is 3.22. The van der Waals surface area contributed by atoms with Crippen LogP contribution in [0.15, 0.2) is 70.1 Å². The smallest absolute Gasteiger partial charge is 0.335 e. The number of carboxylic acids is 1. The molecule has 0 spiro atoms. The van der Waals surface area contributed by atoms with Gasteiger partial charge in [0.05, 0.1) is 16.5 Å². The lowest BCUT2D eigenvalue weighted by atomic mass is 10.0. The number of carboxylic acid groups (broad SMARTS) is 1. The Hall–Kier alpha value is -3.81. The highest BCUT2D eigenvalue weighted by atomic mass is 16.7. The third-order valence-electron chi connectivity index (χ3n) is 4.58. The van der Waals surface area contributed by atoms with Gasteiger partial charge in [-0.3, -0.25) is 4.79 Å². The Morgan fingerprint density at radius 2 is 1.96 bits per heavy atom. The van der Waals surface area contributed by atoms with Crippen molar-refractivity contribution < 1.29 is 19.4 Å². The van der Waals surface area contributed by atoms with Crippen LogP contribution in [0.1, 0.15) is 22.0 Å². The van der Waals surface area contributed by atoms with Crippen LogP contribution in [-0.4, -0.2) is 27.4 Å². The molecule has 8 heteroatoms. The quantitative estimate of drug-likeness (QED) is 0.701. The van der Waals surface area contributed by atoms with E-state index in [2.05, 4.69) is 4.98 Å². The van der Waals surface area contributed by atoms with E-state index in [0.717, 1.165) is 10.1 Å². The Morgan fingerprint density at radius 1 is 1.18 bits per heavy atom. The van der Waals surface area contributed by atoms with Crippen molar-refractivity contribution in [3.05, 3.63) is 92.5 Å². The zero-order chi connectivity index (χ0) is 19.7. The highest BCUT2D eigenvalue weighted by molar-refractivity contribution is 5.92. The minimum absolute atomic E-state index is 0.00399. The lowest BCUT2D eigenvalue weighted by Crippen LogP contribution is -2.39. The molecule has 0 aliphatic carbocycles. The first kappa shape index (κ1) is 17.6. The molecular formula is C20H16N2O6. The van der Waals surface area contributed by atoms with E-state index in [1.54, 1.807) is 0 Å². The number of hydrogen-bond acceptors (Lipinski definition) is 5. The van der Waals surface area contributed by atoms with Gasteiger partial charge in [0.25, 0.3) is 5.56 Å². The predicted octanol–water partition coefficient (Wildman–Crippen LogP) is 2.02. The molecule has 142 valence electrons. The lowest BCUT2D eigenvalue weighted by molar-refractivity contribution is 0.0694. The summed E-state index contributed by atoms with van der Waals surface area (Å²) >= 11 is 0. The molecule has 8 nitrogen and oxygen atoms in total. The van der Waals surface area contributed by atoms with E-state index < -0.39 is 23.3 Å². The van der Waals surface area contributed by atoms with Crippen molar-refractivity contribution in [3.8, 4) is 0 Å². The maximum absolute atomic E-state index is 13.1. The standard InChI is InChI=1S/C20H16N2O6/c23-18-14-9-13(19(24)25)6-7-15(14)21-20(26)22(18)16(17-10-27-11-28-17)8-12-4-2-1-3-5-12/h1-7,9-10,16H,8,11H2,(H,21,26)(H,24,25). The van der Waals surface area contributed by atoms with Crippen LogP contribution in [0.4, 0.5) is 0 Å². The SMILES string of the molecule is O=C(O)c1ccc2[nH]c(=O)n(C(Cc3ccccc3)C3=COCO3)c(=O)c2c1. The molecule has 3 aromatic rings. The van der Waals surface area contributed by atoms with Gasteiger partial charge in [0.2, 0.25) is 6.79 Å². The molecule has 0 saturated carbocycles. The van der Waals surface area contributed by atoms with Crippen LogP contribution >= 0.6 is 0 Å². The average molecular weight is 380 g/mol. The molecule has 1 atom stereocenters. The Morgan fingerprint density at radius 3 is 2.64 bits per heavy atom. The van der Waals surface area contributed by atoms with Gasteiger partial charge >= 0.3 is 11.7 Å². The monoisotopic (exact) mass is 380 g/mol. The van der Waals surface area contributed by atoms with Crippen LogP contribution in [0, 0.1) is 0 Å². The molecule has 0 fully saturated rings. The first-order valence-corrected chi connectivity index (χ1v) is 8.55. The van der Waals surface area contributed by atoms with E-state index in [0.29, 0.717) is 12.2 Å². The molecule has 2 N–H and O–H groups in total. The van der Waals surface area contributed by atoms with E-state index in [4.69, 9.17) is 9.47 Å². The zero-order valence-electron chi connectivity index (χ0n) is 14.6. The van der Waals surface area contributed by atoms with E-state index in [1.807, 2.05) is 30.3 Å². The van der Waals surface area contributed by atoms with Crippen molar-refractivity contribution >= 4 is 16.9 Å². The number of allylic oxidation sites excluding steroid dienone is 1. The van der Waals surface area contributed by atoms with E-state index in [1.165, 1.54) is 24.5 Å². The summed E-state index contributed by atoms with van der Waals surface area (Å²) in [5, 5.41) is 9.32. The second-order valence-corrected chi connectivity index (χ2v) is 6.33. The number of nitrogens with zero attached hydrogens (tertiary/aromatic N) is 1. The lowest BCUT2D eigenvalue weighted by Gasteiger charge is -2.19. The third-order valence-corrected chi connectivity index (χ3v) is 4.58.